The molecule has 2 fully saturated rings. The van der Waals surface area contributed by atoms with E-state index in [1.54, 1.807) is 0 Å². The second kappa shape index (κ2) is 7.43. The molecule has 1 atom stereocenters. The molecule has 2 aliphatic rings. The Kier molecular flexibility index (Phi) is 5.30. The Morgan fingerprint density at radius 3 is 2.74 bits per heavy atom. The molecule has 0 aromatic heterocycles. The molecule has 2 aliphatic heterocycles. The van der Waals surface area contributed by atoms with Crippen molar-refractivity contribution >= 4 is 11.6 Å². The summed E-state index contributed by atoms with van der Waals surface area (Å²) >= 11 is 0. The molecule has 1 aromatic carbocycles. The van der Waals surface area contributed by atoms with Crippen LogP contribution in [0.15, 0.2) is 18.2 Å². The van der Waals surface area contributed by atoms with Crippen LogP contribution in [0.4, 0.5) is 5.69 Å². The van der Waals surface area contributed by atoms with Gasteiger partial charge in [0.05, 0.1) is 13.2 Å². The number of rotatable bonds is 4. The monoisotopic (exact) mass is 317 g/mol. The third-order valence-electron chi connectivity index (χ3n) is 4.86. The van der Waals surface area contributed by atoms with Gasteiger partial charge < -0.3 is 10.1 Å². The number of aryl methyl sites for hydroxylation is 2. The molecule has 5 nitrogen and oxygen atoms in total. The first kappa shape index (κ1) is 16.4. The van der Waals surface area contributed by atoms with Crippen LogP contribution in [-0.4, -0.2) is 67.7 Å². The van der Waals surface area contributed by atoms with Gasteiger partial charge in [-0.3, -0.25) is 14.6 Å². The number of amides is 1. The average molecular weight is 317 g/mol. The number of piperazine rings is 1. The lowest BCUT2D eigenvalue weighted by Gasteiger charge is -2.37. The summed E-state index contributed by atoms with van der Waals surface area (Å²) in [6.07, 6.45) is 1.15. The van der Waals surface area contributed by atoms with Crippen LogP contribution in [0.2, 0.25) is 0 Å². The van der Waals surface area contributed by atoms with Crippen molar-refractivity contribution in [3.8, 4) is 0 Å². The summed E-state index contributed by atoms with van der Waals surface area (Å²) in [6.45, 7) is 10.3. The normalized spacial score (nSPS) is 23.1. The molecule has 0 aliphatic carbocycles. The summed E-state index contributed by atoms with van der Waals surface area (Å²) < 4.78 is 5.47. The molecule has 5 heteroatoms. The van der Waals surface area contributed by atoms with E-state index in [1.165, 1.54) is 5.56 Å². The van der Waals surface area contributed by atoms with Crippen LogP contribution < -0.4 is 5.32 Å². The maximum Gasteiger partial charge on any atom is 0.238 e. The number of anilines is 1. The summed E-state index contributed by atoms with van der Waals surface area (Å²) in [7, 11) is 0. The van der Waals surface area contributed by atoms with Crippen LogP contribution in [0.25, 0.3) is 0 Å². The number of benzene rings is 1. The van der Waals surface area contributed by atoms with E-state index in [9.17, 15) is 4.79 Å². The smallest absolute Gasteiger partial charge is 0.238 e. The Morgan fingerprint density at radius 2 is 2.04 bits per heavy atom. The highest BCUT2D eigenvalue weighted by molar-refractivity contribution is 5.93. The topological polar surface area (TPSA) is 44.8 Å². The fourth-order valence-corrected chi connectivity index (χ4v) is 3.36. The Hall–Kier alpha value is -1.43. The van der Waals surface area contributed by atoms with Gasteiger partial charge in [-0.15, -0.1) is 0 Å². The van der Waals surface area contributed by atoms with Crippen molar-refractivity contribution in [3.63, 3.8) is 0 Å². The molecule has 0 unspecified atom stereocenters. The fourth-order valence-electron chi connectivity index (χ4n) is 3.36. The van der Waals surface area contributed by atoms with Gasteiger partial charge in [0, 0.05) is 44.5 Å². The van der Waals surface area contributed by atoms with E-state index >= 15 is 0 Å². The maximum absolute atomic E-state index is 12.3. The number of hydrogen-bond donors (Lipinski definition) is 1. The Labute approximate surface area is 138 Å². The van der Waals surface area contributed by atoms with Crippen molar-refractivity contribution in [1.82, 2.24) is 9.80 Å². The molecular formula is C18H27N3O2. The van der Waals surface area contributed by atoms with Crippen LogP contribution >= 0.6 is 0 Å². The minimum absolute atomic E-state index is 0.0800. The molecular weight excluding hydrogens is 290 g/mol. The number of ether oxygens (including phenoxy) is 1. The molecule has 0 spiro atoms. The second-order valence-electron chi connectivity index (χ2n) is 6.70. The summed E-state index contributed by atoms with van der Waals surface area (Å²) in [5, 5.41) is 3.05. The maximum atomic E-state index is 12.3. The Morgan fingerprint density at radius 1 is 1.26 bits per heavy atom. The van der Waals surface area contributed by atoms with Gasteiger partial charge in [-0.1, -0.05) is 12.1 Å². The van der Waals surface area contributed by atoms with Crippen LogP contribution in [0.3, 0.4) is 0 Å². The van der Waals surface area contributed by atoms with Gasteiger partial charge in [-0.25, -0.2) is 0 Å². The molecule has 2 heterocycles. The van der Waals surface area contributed by atoms with Crippen molar-refractivity contribution in [2.45, 2.75) is 26.3 Å². The van der Waals surface area contributed by atoms with E-state index in [-0.39, 0.29) is 5.91 Å². The zero-order chi connectivity index (χ0) is 16.2. The van der Waals surface area contributed by atoms with Crippen LogP contribution in [0.5, 0.6) is 0 Å². The van der Waals surface area contributed by atoms with Gasteiger partial charge in [0.25, 0.3) is 0 Å². The highest BCUT2D eigenvalue weighted by atomic mass is 16.5. The van der Waals surface area contributed by atoms with Crippen LogP contribution in [0.1, 0.15) is 17.5 Å². The van der Waals surface area contributed by atoms with Crippen LogP contribution in [-0.2, 0) is 9.53 Å². The number of nitrogens with zero attached hydrogens (tertiary/aromatic N) is 2. The largest absolute Gasteiger partial charge is 0.380 e. The first-order chi connectivity index (χ1) is 11.1. The van der Waals surface area contributed by atoms with Crippen molar-refractivity contribution in [2.75, 3.05) is 51.3 Å². The van der Waals surface area contributed by atoms with Crippen molar-refractivity contribution < 1.29 is 9.53 Å². The second-order valence-corrected chi connectivity index (χ2v) is 6.70. The van der Waals surface area contributed by atoms with Gasteiger partial charge in [-0.2, -0.15) is 0 Å². The van der Waals surface area contributed by atoms with Crippen LogP contribution in [0, 0.1) is 13.8 Å². The van der Waals surface area contributed by atoms with Crippen molar-refractivity contribution in [1.29, 1.82) is 0 Å². The van der Waals surface area contributed by atoms with Gasteiger partial charge in [0.1, 0.15) is 0 Å². The predicted molar refractivity (Wildman–Crippen MR) is 91.8 cm³/mol. The Balaban J connectivity index is 1.46. The summed E-state index contributed by atoms with van der Waals surface area (Å²) in [6, 6.07) is 6.73. The molecule has 1 amide bonds. The zero-order valence-corrected chi connectivity index (χ0v) is 14.2. The van der Waals surface area contributed by atoms with Gasteiger partial charge in [-0.05, 0) is 37.5 Å². The minimum Gasteiger partial charge on any atom is -0.380 e. The molecule has 2 saturated heterocycles. The van der Waals surface area contributed by atoms with E-state index in [1.807, 2.05) is 26.0 Å². The standard InChI is InChI=1S/C18H27N3O2/c1-14-3-4-15(2)17(11-14)19-18(22)12-20-6-8-21(9-7-20)16-5-10-23-13-16/h3-4,11,16H,5-10,12-13H2,1-2H3,(H,19,22)/t16-/m1/s1. The molecule has 126 valence electrons. The van der Waals surface area contributed by atoms with Gasteiger partial charge >= 0.3 is 0 Å². The van der Waals surface area contributed by atoms with E-state index in [4.69, 9.17) is 4.74 Å². The lowest BCUT2D eigenvalue weighted by Crippen LogP contribution is -2.52. The number of hydrogen-bond acceptors (Lipinski definition) is 4. The van der Waals surface area contributed by atoms with Gasteiger partial charge in [0.2, 0.25) is 5.91 Å². The highest BCUT2D eigenvalue weighted by Gasteiger charge is 2.27. The lowest BCUT2D eigenvalue weighted by atomic mass is 10.1. The summed E-state index contributed by atoms with van der Waals surface area (Å²) in [4.78, 5) is 17.0. The van der Waals surface area contributed by atoms with E-state index in [0.717, 1.165) is 57.1 Å². The van der Waals surface area contributed by atoms with E-state index in [2.05, 4.69) is 21.2 Å². The molecule has 1 N–H and O–H groups in total. The summed E-state index contributed by atoms with van der Waals surface area (Å²) in [5.41, 5.74) is 3.20. The molecule has 0 bridgehead atoms. The third-order valence-corrected chi connectivity index (χ3v) is 4.86. The van der Waals surface area contributed by atoms with E-state index < -0.39 is 0 Å². The quantitative estimate of drug-likeness (QED) is 0.917. The number of carbonyl (C=O) groups excluding carboxylic acids is 1. The Bertz CT molecular complexity index is 547. The zero-order valence-electron chi connectivity index (χ0n) is 14.2. The first-order valence-electron chi connectivity index (χ1n) is 8.53. The number of carbonyl (C=O) groups is 1. The average Bonchev–Trinajstić information content (AvgIpc) is 3.06. The fraction of sp³-hybridized carbons (Fsp3) is 0.611. The molecule has 0 saturated carbocycles. The molecule has 0 radical (unpaired) electrons. The SMILES string of the molecule is Cc1ccc(C)c(NC(=O)CN2CCN([C@@H]3CCOC3)CC2)c1. The lowest BCUT2D eigenvalue weighted by molar-refractivity contribution is -0.117. The van der Waals surface area contributed by atoms with E-state index in [0.29, 0.717) is 12.6 Å². The molecule has 1 aromatic rings. The molecule has 23 heavy (non-hydrogen) atoms. The van der Waals surface area contributed by atoms with Gasteiger partial charge in [0.15, 0.2) is 0 Å². The predicted octanol–water partition coefficient (Wildman–Crippen LogP) is 1.65. The minimum atomic E-state index is 0.0800. The highest BCUT2D eigenvalue weighted by Crippen LogP contribution is 2.17. The number of nitrogens with one attached hydrogen (secondary N) is 1. The summed E-state index contributed by atoms with van der Waals surface area (Å²) in [5.74, 6) is 0.0800. The van der Waals surface area contributed by atoms with Crippen molar-refractivity contribution in [3.05, 3.63) is 29.3 Å². The first-order valence-corrected chi connectivity index (χ1v) is 8.53. The molecule has 3 rings (SSSR count). The van der Waals surface area contributed by atoms with Crippen molar-refractivity contribution in [2.24, 2.45) is 0 Å². The third kappa shape index (κ3) is 4.31.